The van der Waals surface area contributed by atoms with E-state index >= 15 is 0 Å². The lowest BCUT2D eigenvalue weighted by Crippen LogP contribution is -2.56. The maximum atomic E-state index is 13.4. The number of furan rings is 1. The van der Waals surface area contributed by atoms with Crippen LogP contribution in [0.1, 0.15) is 65.7 Å². The van der Waals surface area contributed by atoms with Crippen LogP contribution in [-0.2, 0) is 9.47 Å². The topological polar surface area (TPSA) is 57.9 Å². The maximum Gasteiger partial charge on any atom is 0.524 e. The highest BCUT2D eigenvalue weighted by molar-refractivity contribution is 5.90. The number of nitrogens with zero attached hydrogens (tertiary/aromatic N) is 1. The summed E-state index contributed by atoms with van der Waals surface area (Å²) in [7, 11) is 0. The lowest BCUT2D eigenvalue weighted by Gasteiger charge is -2.32. The Bertz CT molecular complexity index is 867. The van der Waals surface area contributed by atoms with Gasteiger partial charge in [-0.1, -0.05) is 6.07 Å². The predicted octanol–water partition coefficient (Wildman–Crippen LogP) is 6.15. The molecule has 3 heterocycles. The van der Waals surface area contributed by atoms with E-state index in [2.05, 4.69) is 0 Å². The van der Waals surface area contributed by atoms with Gasteiger partial charge in [-0.3, -0.25) is 0 Å². The van der Waals surface area contributed by atoms with Crippen LogP contribution >= 0.6 is 0 Å². The largest absolute Gasteiger partial charge is 0.524 e. The van der Waals surface area contributed by atoms with Gasteiger partial charge in [0.1, 0.15) is 16.9 Å². The zero-order chi connectivity index (χ0) is 21.2. The summed E-state index contributed by atoms with van der Waals surface area (Å²) in [4.78, 5) is 13.4. The number of benzene rings is 1. The molecule has 2 saturated heterocycles. The van der Waals surface area contributed by atoms with Gasteiger partial charge in [0.05, 0.1) is 31.1 Å². The number of ether oxygens (including phenoxy) is 3. The van der Waals surface area contributed by atoms with Crippen LogP contribution in [0.15, 0.2) is 28.7 Å². The van der Waals surface area contributed by atoms with Crippen molar-refractivity contribution in [1.82, 2.24) is 4.48 Å². The third-order valence-electron chi connectivity index (χ3n) is 5.90. The van der Waals surface area contributed by atoms with E-state index in [9.17, 15) is 4.79 Å². The van der Waals surface area contributed by atoms with Crippen molar-refractivity contribution in [3.8, 4) is 5.75 Å². The average molecular weight is 417 g/mol. The van der Waals surface area contributed by atoms with E-state index in [0.29, 0.717) is 19.0 Å². The lowest BCUT2D eigenvalue weighted by atomic mass is 10.2. The number of rotatable bonds is 3. The van der Waals surface area contributed by atoms with E-state index in [1.54, 1.807) is 0 Å². The quantitative estimate of drug-likeness (QED) is 0.561. The minimum Gasteiger partial charge on any atom is -0.464 e. The predicted molar refractivity (Wildman–Crippen MR) is 117 cm³/mol. The first kappa shape index (κ1) is 21.2. The Morgan fingerprint density at radius 2 is 1.83 bits per heavy atom. The van der Waals surface area contributed by atoms with Crippen LogP contribution in [0.2, 0.25) is 0 Å². The summed E-state index contributed by atoms with van der Waals surface area (Å²) in [6.07, 6.45) is 6.79. The van der Waals surface area contributed by atoms with E-state index in [1.165, 1.54) is 0 Å². The minimum absolute atomic E-state index is 0.102. The van der Waals surface area contributed by atoms with Crippen molar-refractivity contribution in [2.45, 2.75) is 77.6 Å². The Labute approximate surface area is 178 Å². The molecule has 2 aromatic rings. The molecule has 2 aliphatic heterocycles. The van der Waals surface area contributed by atoms with Crippen molar-refractivity contribution in [3.63, 3.8) is 0 Å². The van der Waals surface area contributed by atoms with Crippen molar-refractivity contribution in [2.75, 3.05) is 19.7 Å². The number of fused-ring (bicyclic) bond motifs is 1. The highest BCUT2D eigenvalue weighted by Crippen LogP contribution is 2.39. The molecule has 1 atom stereocenters. The van der Waals surface area contributed by atoms with Crippen LogP contribution in [0.4, 0.5) is 10.7 Å². The second kappa shape index (κ2) is 8.60. The first-order chi connectivity index (χ1) is 14.4. The Hall–Kier alpha value is -2.05. The molecular formula is C24H34NO5+. The molecule has 4 rings (SSSR count). The zero-order valence-electron chi connectivity index (χ0n) is 18.4. The highest BCUT2D eigenvalue weighted by atomic mass is 16.7. The fourth-order valence-corrected chi connectivity index (χ4v) is 4.35. The Kier molecular flexibility index (Phi) is 6.07. The van der Waals surface area contributed by atoms with Crippen molar-refractivity contribution in [2.24, 2.45) is 0 Å². The Balaban J connectivity index is 1.70. The third kappa shape index (κ3) is 4.49. The normalized spacial score (nSPS) is 22.4. The molecule has 0 radical (unpaired) electrons. The van der Waals surface area contributed by atoms with E-state index in [-0.39, 0.29) is 16.9 Å². The van der Waals surface area contributed by atoms with Gasteiger partial charge < -0.3 is 18.6 Å². The van der Waals surface area contributed by atoms with E-state index < -0.39 is 5.60 Å². The van der Waals surface area contributed by atoms with Crippen LogP contribution in [-0.4, -0.2) is 37.7 Å². The Morgan fingerprint density at radius 3 is 2.50 bits per heavy atom. The first-order valence-corrected chi connectivity index (χ1v) is 11.3. The molecule has 2 aliphatic rings. The lowest BCUT2D eigenvalue weighted by molar-refractivity contribution is -0.105. The maximum absolute atomic E-state index is 13.4. The van der Waals surface area contributed by atoms with Crippen LogP contribution < -0.4 is 9.22 Å². The molecule has 0 saturated carbocycles. The van der Waals surface area contributed by atoms with Gasteiger partial charge >= 0.3 is 12.0 Å². The van der Waals surface area contributed by atoms with Gasteiger partial charge in [0.15, 0.2) is 6.29 Å². The minimum atomic E-state index is -0.548. The van der Waals surface area contributed by atoms with Crippen molar-refractivity contribution < 1.29 is 23.4 Å². The molecule has 0 N–H and O–H groups in total. The van der Waals surface area contributed by atoms with Gasteiger partial charge in [-0.25, -0.2) is 0 Å². The van der Waals surface area contributed by atoms with Gasteiger partial charge in [0.2, 0.25) is 0 Å². The van der Waals surface area contributed by atoms with E-state index in [0.717, 1.165) is 68.3 Å². The smallest absolute Gasteiger partial charge is 0.464 e. The van der Waals surface area contributed by atoms with Gasteiger partial charge in [-0.05, 0) is 71.4 Å². The summed E-state index contributed by atoms with van der Waals surface area (Å²) in [5.41, 5.74) is 0.177. The summed E-state index contributed by atoms with van der Waals surface area (Å²) in [6.45, 7) is 7.85. The fourth-order valence-electron chi connectivity index (χ4n) is 4.35. The monoisotopic (exact) mass is 416 g/mol. The summed E-state index contributed by atoms with van der Waals surface area (Å²) < 4.78 is 24.2. The molecule has 0 aliphatic carbocycles. The number of quaternary nitrogens is 1. The summed E-state index contributed by atoms with van der Waals surface area (Å²) in [5.74, 6) is 1.38. The zero-order valence-corrected chi connectivity index (χ0v) is 18.4. The summed E-state index contributed by atoms with van der Waals surface area (Å²) in [6, 6.07) is 7.77. The molecule has 0 spiro atoms. The van der Waals surface area contributed by atoms with Crippen LogP contribution in [0.5, 0.6) is 5.75 Å². The molecule has 6 heteroatoms. The van der Waals surface area contributed by atoms with Gasteiger partial charge in [-0.15, -0.1) is 0 Å². The molecule has 0 bridgehead atoms. The molecular weight excluding hydrogens is 382 g/mol. The third-order valence-corrected chi connectivity index (χ3v) is 5.90. The Morgan fingerprint density at radius 1 is 1.07 bits per heavy atom. The molecule has 30 heavy (non-hydrogen) atoms. The molecule has 2 fully saturated rings. The molecule has 1 amide bonds. The van der Waals surface area contributed by atoms with Crippen molar-refractivity contribution in [3.05, 3.63) is 24.3 Å². The average Bonchev–Trinajstić information content (AvgIpc) is 2.99. The number of likely N-dealkylation sites (tertiary alicyclic amines) is 1. The highest BCUT2D eigenvalue weighted by Gasteiger charge is 2.46. The van der Waals surface area contributed by atoms with Crippen LogP contribution in [0.3, 0.4) is 0 Å². The standard InChI is InChI=1S/C24H34NO5/c1-24(2,3)30-23(26)25(14-7-4-5-8-15-25)21-17-18-19(28-21)11-10-12-20(18)29-22-13-6-9-16-27-22/h10-12,17,22H,4-9,13-16H2,1-3H3/q+1. The number of carbonyl (C=O) groups excluding carboxylic acids is 1. The van der Waals surface area contributed by atoms with Gasteiger partial charge in [0, 0.05) is 6.42 Å². The molecule has 164 valence electrons. The number of hydrogen-bond donors (Lipinski definition) is 0. The van der Waals surface area contributed by atoms with E-state index in [1.807, 2.05) is 45.0 Å². The van der Waals surface area contributed by atoms with Gasteiger partial charge in [-0.2, -0.15) is 9.28 Å². The molecule has 6 nitrogen and oxygen atoms in total. The number of carbonyl (C=O) groups is 1. The van der Waals surface area contributed by atoms with Gasteiger partial charge in [0.25, 0.3) is 0 Å². The summed E-state index contributed by atoms with van der Waals surface area (Å²) in [5, 5.41) is 0.881. The van der Waals surface area contributed by atoms with Crippen LogP contribution in [0, 0.1) is 0 Å². The summed E-state index contributed by atoms with van der Waals surface area (Å²) >= 11 is 0. The van der Waals surface area contributed by atoms with Crippen molar-refractivity contribution >= 4 is 22.9 Å². The fraction of sp³-hybridized carbons (Fsp3) is 0.625. The molecule has 1 aromatic carbocycles. The molecule has 1 unspecified atom stereocenters. The van der Waals surface area contributed by atoms with Crippen LogP contribution in [0.25, 0.3) is 11.0 Å². The first-order valence-electron chi connectivity index (χ1n) is 11.3. The second-order valence-electron chi connectivity index (χ2n) is 9.48. The van der Waals surface area contributed by atoms with E-state index in [4.69, 9.17) is 18.6 Å². The number of amides is 1. The SMILES string of the molecule is CC(C)(C)OC(=O)[N+]1(c2cc3c(OC4CCCCO4)cccc3o2)CCCCCC1. The van der Waals surface area contributed by atoms with Crippen molar-refractivity contribution in [1.29, 1.82) is 0 Å². The molecule has 1 aromatic heterocycles. The second-order valence-corrected chi connectivity index (χ2v) is 9.48. The number of hydrogen-bond acceptors (Lipinski definition) is 5.